The van der Waals surface area contributed by atoms with Gasteiger partial charge in [0.05, 0.1) is 21.3 Å². The van der Waals surface area contributed by atoms with E-state index in [1.165, 1.54) is 19.3 Å². The van der Waals surface area contributed by atoms with E-state index >= 15 is 0 Å². The van der Waals surface area contributed by atoms with Crippen LogP contribution in [-0.2, 0) is 0 Å². The number of hydrogen-bond acceptors (Lipinski definition) is 5. The Bertz CT molecular complexity index is 486. The zero-order valence-electron chi connectivity index (χ0n) is 15.0. The summed E-state index contributed by atoms with van der Waals surface area (Å²) in [7, 11) is 4.91. The third-order valence-corrected chi connectivity index (χ3v) is 4.92. The number of nitrogens with zero attached hydrogens (tertiary/aromatic N) is 1. The zero-order chi connectivity index (χ0) is 17.0. The van der Waals surface area contributed by atoms with Crippen LogP contribution in [0.1, 0.15) is 44.7 Å². The molecule has 2 N–H and O–H groups in total. The number of rotatable bonds is 6. The maximum atomic E-state index is 6.16. The molecule has 2 rings (SSSR count). The highest BCUT2D eigenvalue weighted by molar-refractivity contribution is 5.54. The van der Waals surface area contributed by atoms with Crippen molar-refractivity contribution in [3.8, 4) is 17.2 Å². The van der Waals surface area contributed by atoms with Crippen molar-refractivity contribution in [1.82, 2.24) is 4.90 Å². The molecule has 1 aromatic rings. The highest BCUT2D eigenvalue weighted by atomic mass is 16.5. The van der Waals surface area contributed by atoms with Crippen molar-refractivity contribution < 1.29 is 14.2 Å². The molecule has 0 aromatic heterocycles. The molecule has 1 aliphatic rings. The van der Waals surface area contributed by atoms with Gasteiger partial charge in [0.15, 0.2) is 11.5 Å². The largest absolute Gasteiger partial charge is 0.493 e. The Morgan fingerprint density at radius 1 is 1.04 bits per heavy atom. The second-order valence-corrected chi connectivity index (χ2v) is 6.29. The van der Waals surface area contributed by atoms with Gasteiger partial charge in [0, 0.05) is 24.7 Å². The smallest absolute Gasteiger partial charge is 0.203 e. The van der Waals surface area contributed by atoms with E-state index in [0.717, 1.165) is 5.56 Å². The van der Waals surface area contributed by atoms with Gasteiger partial charge in [-0.15, -0.1) is 0 Å². The van der Waals surface area contributed by atoms with Gasteiger partial charge in [-0.2, -0.15) is 0 Å². The van der Waals surface area contributed by atoms with E-state index in [4.69, 9.17) is 19.9 Å². The van der Waals surface area contributed by atoms with Crippen molar-refractivity contribution >= 4 is 0 Å². The van der Waals surface area contributed by atoms with Gasteiger partial charge < -0.3 is 19.9 Å². The Labute approximate surface area is 139 Å². The lowest BCUT2D eigenvalue weighted by atomic mass is 9.92. The number of hydrogen-bond donors (Lipinski definition) is 1. The molecule has 0 spiro atoms. The number of methoxy groups -OCH3 is 3. The second kappa shape index (κ2) is 7.88. The standard InChI is InChI=1S/C18H30N2O3/c1-12-7-6-8-13(2)20(12)15(11-19)14-9-16(21-3)18(23-5)17(10-14)22-4/h9-10,12-13,15H,6-8,11,19H2,1-5H3/t12-,13+,15?. The quantitative estimate of drug-likeness (QED) is 0.872. The Balaban J connectivity index is 2.44. The van der Waals surface area contributed by atoms with Crippen molar-refractivity contribution in [3.05, 3.63) is 17.7 Å². The minimum absolute atomic E-state index is 0.147. The molecular formula is C18H30N2O3. The van der Waals surface area contributed by atoms with E-state index in [-0.39, 0.29) is 6.04 Å². The molecule has 1 unspecified atom stereocenters. The number of piperidine rings is 1. The highest BCUT2D eigenvalue weighted by Gasteiger charge is 2.32. The molecule has 5 heteroatoms. The van der Waals surface area contributed by atoms with E-state index in [0.29, 0.717) is 35.9 Å². The number of likely N-dealkylation sites (tertiary alicyclic amines) is 1. The third-order valence-electron chi connectivity index (χ3n) is 4.92. The minimum Gasteiger partial charge on any atom is -0.493 e. The van der Waals surface area contributed by atoms with Gasteiger partial charge in [0.2, 0.25) is 5.75 Å². The van der Waals surface area contributed by atoms with Crippen LogP contribution in [0.5, 0.6) is 17.2 Å². The molecule has 3 atom stereocenters. The van der Waals surface area contributed by atoms with Gasteiger partial charge in [-0.25, -0.2) is 0 Å². The summed E-state index contributed by atoms with van der Waals surface area (Å²) in [6.07, 6.45) is 3.71. The number of nitrogens with two attached hydrogens (primary N) is 1. The van der Waals surface area contributed by atoms with E-state index in [1.807, 2.05) is 12.1 Å². The molecule has 23 heavy (non-hydrogen) atoms. The average molecular weight is 322 g/mol. The first-order chi connectivity index (χ1) is 11.1. The molecule has 0 aliphatic carbocycles. The van der Waals surface area contributed by atoms with Crippen LogP contribution < -0.4 is 19.9 Å². The lowest BCUT2D eigenvalue weighted by Crippen LogP contribution is -2.48. The Morgan fingerprint density at radius 3 is 1.96 bits per heavy atom. The maximum absolute atomic E-state index is 6.16. The van der Waals surface area contributed by atoms with Crippen LogP contribution in [0.2, 0.25) is 0 Å². The Kier molecular flexibility index (Phi) is 6.13. The first kappa shape index (κ1) is 17.9. The minimum atomic E-state index is 0.147. The summed E-state index contributed by atoms with van der Waals surface area (Å²) >= 11 is 0. The topological polar surface area (TPSA) is 57.0 Å². The molecule has 5 nitrogen and oxygen atoms in total. The van der Waals surface area contributed by atoms with Crippen molar-refractivity contribution in [2.24, 2.45) is 5.73 Å². The monoisotopic (exact) mass is 322 g/mol. The van der Waals surface area contributed by atoms with Crippen LogP contribution in [0.4, 0.5) is 0 Å². The SMILES string of the molecule is COc1cc(C(CN)N2[C@H](C)CCC[C@@H]2C)cc(OC)c1OC. The fourth-order valence-corrected chi connectivity index (χ4v) is 3.78. The van der Waals surface area contributed by atoms with Crippen LogP contribution in [0, 0.1) is 0 Å². The summed E-state index contributed by atoms with van der Waals surface area (Å²) in [5, 5.41) is 0. The predicted octanol–water partition coefficient (Wildman–Crippen LogP) is 2.98. The summed E-state index contributed by atoms with van der Waals surface area (Å²) in [6, 6.07) is 5.23. The number of benzene rings is 1. The summed E-state index contributed by atoms with van der Waals surface area (Å²) in [4.78, 5) is 2.53. The van der Waals surface area contributed by atoms with Crippen LogP contribution >= 0.6 is 0 Å². The van der Waals surface area contributed by atoms with E-state index < -0.39 is 0 Å². The molecule has 0 radical (unpaired) electrons. The highest BCUT2D eigenvalue weighted by Crippen LogP contribution is 2.42. The van der Waals surface area contributed by atoms with Crippen LogP contribution in [0.25, 0.3) is 0 Å². The summed E-state index contributed by atoms with van der Waals surface area (Å²) in [5.41, 5.74) is 7.27. The average Bonchev–Trinajstić information content (AvgIpc) is 2.56. The van der Waals surface area contributed by atoms with E-state index in [9.17, 15) is 0 Å². The Morgan fingerprint density at radius 2 is 1.57 bits per heavy atom. The molecule has 0 bridgehead atoms. The molecule has 1 heterocycles. The van der Waals surface area contributed by atoms with Crippen LogP contribution in [0.15, 0.2) is 12.1 Å². The Hall–Kier alpha value is -1.46. The van der Waals surface area contributed by atoms with Crippen molar-refractivity contribution in [2.75, 3.05) is 27.9 Å². The first-order valence-corrected chi connectivity index (χ1v) is 8.34. The molecule has 0 saturated carbocycles. The molecule has 1 fully saturated rings. The van der Waals surface area contributed by atoms with Crippen LogP contribution in [0.3, 0.4) is 0 Å². The molecule has 1 aliphatic heterocycles. The van der Waals surface area contributed by atoms with Gasteiger partial charge in [0.1, 0.15) is 0 Å². The zero-order valence-corrected chi connectivity index (χ0v) is 15.0. The first-order valence-electron chi connectivity index (χ1n) is 8.34. The van der Waals surface area contributed by atoms with E-state index in [1.54, 1.807) is 21.3 Å². The van der Waals surface area contributed by atoms with Crippen molar-refractivity contribution in [1.29, 1.82) is 0 Å². The fourth-order valence-electron chi connectivity index (χ4n) is 3.78. The molecule has 0 amide bonds. The summed E-state index contributed by atoms with van der Waals surface area (Å²) in [5.74, 6) is 1.98. The van der Waals surface area contributed by atoms with E-state index in [2.05, 4.69) is 18.7 Å². The van der Waals surface area contributed by atoms with Crippen molar-refractivity contribution in [2.45, 2.75) is 51.2 Å². The van der Waals surface area contributed by atoms with Gasteiger partial charge in [-0.05, 0) is 44.4 Å². The normalized spacial score (nSPS) is 23.4. The summed E-state index contributed by atoms with van der Waals surface area (Å²) in [6.45, 7) is 5.14. The van der Waals surface area contributed by atoms with Gasteiger partial charge in [0.25, 0.3) is 0 Å². The maximum Gasteiger partial charge on any atom is 0.203 e. The lowest BCUT2D eigenvalue weighted by Gasteiger charge is -2.44. The predicted molar refractivity (Wildman–Crippen MR) is 92.5 cm³/mol. The fraction of sp³-hybridized carbons (Fsp3) is 0.667. The van der Waals surface area contributed by atoms with Gasteiger partial charge in [-0.1, -0.05) is 6.42 Å². The van der Waals surface area contributed by atoms with Crippen molar-refractivity contribution in [3.63, 3.8) is 0 Å². The molecular weight excluding hydrogens is 292 g/mol. The van der Waals surface area contributed by atoms with Gasteiger partial charge >= 0.3 is 0 Å². The molecule has 130 valence electrons. The summed E-state index contributed by atoms with van der Waals surface area (Å²) < 4.78 is 16.4. The van der Waals surface area contributed by atoms with Gasteiger partial charge in [-0.3, -0.25) is 4.90 Å². The second-order valence-electron chi connectivity index (χ2n) is 6.29. The van der Waals surface area contributed by atoms with Crippen LogP contribution in [-0.4, -0.2) is 44.9 Å². The molecule has 1 aromatic carbocycles. The third kappa shape index (κ3) is 3.56. The molecule has 1 saturated heterocycles. The lowest BCUT2D eigenvalue weighted by molar-refractivity contribution is 0.0575. The number of ether oxygens (including phenoxy) is 3.